The second-order valence-electron chi connectivity index (χ2n) is 7.85. The van der Waals surface area contributed by atoms with Crippen molar-refractivity contribution >= 4 is 21.6 Å². The molecule has 0 aliphatic carbocycles. The third-order valence-corrected chi connectivity index (χ3v) is 7.12. The molecule has 0 atom stereocenters. The van der Waals surface area contributed by atoms with Gasteiger partial charge in [0.1, 0.15) is 0 Å². The lowest BCUT2D eigenvalue weighted by Gasteiger charge is -2.20. The van der Waals surface area contributed by atoms with E-state index in [4.69, 9.17) is 9.47 Å². The number of nitrogens with one attached hydrogen (secondary N) is 1. The molecule has 0 fully saturated rings. The first-order chi connectivity index (χ1) is 16.3. The molecule has 0 radical (unpaired) electrons. The third-order valence-electron chi connectivity index (χ3n) is 5.32. The van der Waals surface area contributed by atoms with Gasteiger partial charge in [0.2, 0.25) is 0 Å². The smallest absolute Gasteiger partial charge is 0.264 e. The van der Waals surface area contributed by atoms with Gasteiger partial charge in [-0.25, -0.2) is 8.42 Å². The number of nitrogens with zero attached hydrogens (tertiary/aromatic N) is 1. The van der Waals surface area contributed by atoms with Gasteiger partial charge in [0.05, 0.1) is 24.3 Å². The average molecular weight is 483 g/mol. The highest BCUT2D eigenvalue weighted by Crippen LogP contribution is 2.28. The van der Waals surface area contributed by atoms with Crippen LogP contribution in [-0.2, 0) is 16.6 Å². The van der Waals surface area contributed by atoms with E-state index in [1.807, 2.05) is 32.0 Å². The Balaban J connectivity index is 1.65. The van der Waals surface area contributed by atoms with E-state index in [2.05, 4.69) is 5.32 Å². The van der Waals surface area contributed by atoms with Crippen LogP contribution in [0.1, 0.15) is 34.8 Å². The van der Waals surface area contributed by atoms with Crippen molar-refractivity contribution in [3.8, 4) is 11.5 Å². The van der Waals surface area contributed by atoms with Crippen LogP contribution in [0.15, 0.2) is 71.6 Å². The second-order valence-corrected chi connectivity index (χ2v) is 9.82. The zero-order valence-electron chi connectivity index (χ0n) is 19.9. The van der Waals surface area contributed by atoms with Gasteiger partial charge >= 0.3 is 0 Å². The number of carbonyl (C=O) groups is 1. The van der Waals surface area contributed by atoms with Crippen molar-refractivity contribution in [2.75, 3.05) is 25.1 Å². The number of rotatable bonds is 10. The molecule has 0 unspecified atom stereocenters. The standard InChI is InChI=1S/C26H30N2O5S/c1-5-16-33-24-15-8-20(17-25(24)32-4)18-27-26(29)21-9-11-22(12-10-21)28(3)34(30,31)23-13-6-19(2)7-14-23/h6-15,17H,5,16,18H2,1-4H3,(H,27,29). The van der Waals surface area contributed by atoms with Gasteiger partial charge in [0, 0.05) is 19.2 Å². The van der Waals surface area contributed by atoms with Crippen LogP contribution >= 0.6 is 0 Å². The van der Waals surface area contributed by atoms with Crippen molar-refractivity contribution in [3.63, 3.8) is 0 Å². The highest BCUT2D eigenvalue weighted by molar-refractivity contribution is 7.92. The van der Waals surface area contributed by atoms with Gasteiger partial charge in [-0.1, -0.05) is 30.7 Å². The Hall–Kier alpha value is -3.52. The summed E-state index contributed by atoms with van der Waals surface area (Å²) in [7, 11) is -0.625. The normalized spacial score (nSPS) is 11.1. The summed E-state index contributed by atoms with van der Waals surface area (Å²) in [5.74, 6) is 1.02. The third kappa shape index (κ3) is 5.88. The Labute approximate surface area is 201 Å². The van der Waals surface area contributed by atoms with Crippen molar-refractivity contribution in [2.24, 2.45) is 0 Å². The Morgan fingerprint density at radius 1 is 0.971 bits per heavy atom. The molecule has 0 aliphatic heterocycles. The quantitative estimate of drug-likeness (QED) is 0.458. The van der Waals surface area contributed by atoms with Crippen LogP contribution in [0.2, 0.25) is 0 Å². The van der Waals surface area contributed by atoms with Crippen LogP contribution in [0.5, 0.6) is 11.5 Å². The van der Waals surface area contributed by atoms with E-state index in [-0.39, 0.29) is 10.8 Å². The molecule has 8 heteroatoms. The van der Waals surface area contributed by atoms with E-state index >= 15 is 0 Å². The minimum absolute atomic E-state index is 0.212. The fourth-order valence-corrected chi connectivity index (χ4v) is 4.46. The molecule has 0 aliphatic rings. The fourth-order valence-electron chi connectivity index (χ4n) is 3.27. The number of amides is 1. The van der Waals surface area contributed by atoms with E-state index in [0.29, 0.717) is 35.9 Å². The number of aryl methyl sites for hydroxylation is 1. The first-order valence-corrected chi connectivity index (χ1v) is 12.4. The Bertz CT molecular complexity index is 1220. The molecular weight excluding hydrogens is 452 g/mol. The summed E-state index contributed by atoms with van der Waals surface area (Å²) < 4.78 is 38.0. The molecular formula is C26H30N2O5S. The molecule has 0 saturated carbocycles. The maximum Gasteiger partial charge on any atom is 0.264 e. The number of carbonyl (C=O) groups excluding carboxylic acids is 1. The first-order valence-electron chi connectivity index (χ1n) is 11.0. The molecule has 3 aromatic rings. The summed E-state index contributed by atoms with van der Waals surface area (Å²) in [5.41, 5.74) is 2.75. The lowest BCUT2D eigenvalue weighted by atomic mass is 10.1. The summed E-state index contributed by atoms with van der Waals surface area (Å²) in [4.78, 5) is 12.8. The molecule has 3 aromatic carbocycles. The maximum absolute atomic E-state index is 12.9. The highest BCUT2D eigenvalue weighted by Gasteiger charge is 2.21. The number of sulfonamides is 1. The molecule has 1 N–H and O–H groups in total. The molecule has 0 bridgehead atoms. The summed E-state index contributed by atoms with van der Waals surface area (Å²) >= 11 is 0. The predicted molar refractivity (Wildman–Crippen MR) is 133 cm³/mol. The van der Waals surface area contributed by atoms with Crippen LogP contribution in [0.3, 0.4) is 0 Å². The lowest BCUT2D eigenvalue weighted by Crippen LogP contribution is -2.27. The van der Waals surface area contributed by atoms with Crippen molar-refractivity contribution in [1.29, 1.82) is 0 Å². The van der Waals surface area contributed by atoms with Crippen molar-refractivity contribution in [2.45, 2.75) is 31.7 Å². The van der Waals surface area contributed by atoms with Crippen molar-refractivity contribution in [3.05, 3.63) is 83.4 Å². The Morgan fingerprint density at radius 3 is 2.26 bits per heavy atom. The van der Waals surface area contributed by atoms with E-state index in [1.54, 1.807) is 55.6 Å². The van der Waals surface area contributed by atoms with E-state index in [0.717, 1.165) is 17.5 Å². The van der Waals surface area contributed by atoms with Crippen LogP contribution < -0.4 is 19.1 Å². The lowest BCUT2D eigenvalue weighted by molar-refractivity contribution is 0.0951. The SMILES string of the molecule is CCCOc1ccc(CNC(=O)c2ccc(N(C)S(=O)(=O)c3ccc(C)cc3)cc2)cc1OC. The molecule has 34 heavy (non-hydrogen) atoms. The van der Waals surface area contributed by atoms with E-state index < -0.39 is 10.0 Å². The van der Waals surface area contributed by atoms with Crippen LogP contribution in [0.25, 0.3) is 0 Å². The molecule has 0 aromatic heterocycles. The van der Waals surface area contributed by atoms with Crippen LogP contribution in [0, 0.1) is 6.92 Å². The topological polar surface area (TPSA) is 84.9 Å². The summed E-state index contributed by atoms with van der Waals surface area (Å²) in [6.07, 6.45) is 0.896. The minimum Gasteiger partial charge on any atom is -0.493 e. The minimum atomic E-state index is -3.69. The van der Waals surface area contributed by atoms with Gasteiger partial charge in [0.15, 0.2) is 11.5 Å². The summed E-state index contributed by atoms with van der Waals surface area (Å²) in [6, 6.07) is 18.7. The number of hydrogen-bond acceptors (Lipinski definition) is 5. The number of anilines is 1. The van der Waals surface area contributed by atoms with Gasteiger partial charge in [0.25, 0.3) is 15.9 Å². The predicted octanol–water partition coefficient (Wildman–Crippen LogP) is 4.55. The monoisotopic (exact) mass is 482 g/mol. The zero-order chi connectivity index (χ0) is 24.7. The van der Waals surface area contributed by atoms with E-state index in [1.165, 1.54) is 11.4 Å². The highest BCUT2D eigenvalue weighted by atomic mass is 32.2. The molecule has 0 spiro atoms. The molecule has 1 amide bonds. The Morgan fingerprint density at radius 2 is 1.65 bits per heavy atom. The van der Waals surface area contributed by atoms with Crippen LogP contribution in [-0.4, -0.2) is 35.1 Å². The number of ether oxygens (including phenoxy) is 2. The molecule has 3 rings (SSSR count). The van der Waals surface area contributed by atoms with E-state index in [9.17, 15) is 13.2 Å². The van der Waals surface area contributed by atoms with Crippen molar-refractivity contribution < 1.29 is 22.7 Å². The number of hydrogen-bond donors (Lipinski definition) is 1. The van der Waals surface area contributed by atoms with Gasteiger partial charge in [-0.05, 0) is 67.4 Å². The molecule has 180 valence electrons. The summed E-state index contributed by atoms with van der Waals surface area (Å²) in [6.45, 7) is 4.85. The van der Waals surface area contributed by atoms with Gasteiger partial charge in [-0.3, -0.25) is 9.10 Å². The van der Waals surface area contributed by atoms with Crippen LogP contribution in [0.4, 0.5) is 5.69 Å². The summed E-state index contributed by atoms with van der Waals surface area (Å²) in [5, 5.41) is 2.87. The molecule has 7 nitrogen and oxygen atoms in total. The van der Waals surface area contributed by atoms with Gasteiger partial charge in [-0.2, -0.15) is 0 Å². The number of benzene rings is 3. The zero-order valence-corrected chi connectivity index (χ0v) is 20.7. The van der Waals surface area contributed by atoms with Gasteiger partial charge in [-0.15, -0.1) is 0 Å². The molecule has 0 heterocycles. The number of methoxy groups -OCH3 is 1. The first kappa shape index (κ1) is 25.1. The average Bonchev–Trinajstić information content (AvgIpc) is 2.86. The largest absolute Gasteiger partial charge is 0.493 e. The van der Waals surface area contributed by atoms with Crippen molar-refractivity contribution in [1.82, 2.24) is 5.32 Å². The Kier molecular flexibility index (Phi) is 8.17. The van der Waals surface area contributed by atoms with Gasteiger partial charge < -0.3 is 14.8 Å². The second kappa shape index (κ2) is 11.1. The fraction of sp³-hybridized carbons (Fsp3) is 0.269. The molecule has 0 saturated heterocycles. The maximum atomic E-state index is 12.9.